The number of nitrogens with zero attached hydrogens (tertiary/aromatic N) is 4. The van der Waals surface area contributed by atoms with Crippen molar-refractivity contribution in [3.63, 3.8) is 0 Å². The number of hydrogen-bond donors (Lipinski definition) is 1. The lowest BCUT2D eigenvalue weighted by molar-refractivity contribution is 0.673. The largest absolute Gasteiger partial charge is 0.455 e. The van der Waals surface area contributed by atoms with E-state index in [9.17, 15) is 5.26 Å². The summed E-state index contributed by atoms with van der Waals surface area (Å²) in [7, 11) is 0. The van der Waals surface area contributed by atoms with Crippen LogP contribution in [-0.2, 0) is 0 Å². The number of benzene rings is 8. The minimum Gasteiger partial charge on any atom is -0.455 e. The van der Waals surface area contributed by atoms with Crippen molar-refractivity contribution in [2.75, 3.05) is 0 Å². The molecule has 0 amide bonds. The molecule has 0 aliphatic carbocycles. The number of nitriles is 1. The predicted molar refractivity (Wildman–Crippen MR) is 229 cm³/mol. The number of fused-ring (bicyclic) bond motifs is 13. The minimum atomic E-state index is 0.478. The van der Waals surface area contributed by atoms with Gasteiger partial charge < -0.3 is 23.5 Å². The Morgan fingerprint density at radius 2 is 1.00 bits per heavy atom. The first-order valence-corrected chi connectivity index (χ1v) is 18.7. The second-order valence-electron chi connectivity index (χ2n) is 14.4. The Bertz CT molecular complexity index is 3640. The lowest BCUT2D eigenvalue weighted by atomic mass is 10.1. The molecule has 0 saturated heterocycles. The van der Waals surface area contributed by atoms with Crippen LogP contribution in [0.5, 0.6) is 0 Å². The number of para-hydroxylation sites is 5. The molecule has 0 aliphatic heterocycles. The molecule has 12 rings (SSSR count). The van der Waals surface area contributed by atoms with E-state index < -0.39 is 0 Å². The fourth-order valence-corrected chi connectivity index (χ4v) is 9.27. The predicted octanol–water partition coefficient (Wildman–Crippen LogP) is 12.7. The van der Waals surface area contributed by atoms with Crippen LogP contribution in [0.1, 0.15) is 11.1 Å². The maximum Gasteiger partial charge on any atom is 0.145 e. The average molecular weight is 716 g/mol. The van der Waals surface area contributed by atoms with Crippen molar-refractivity contribution < 1.29 is 4.42 Å². The lowest BCUT2D eigenvalue weighted by Gasteiger charge is -2.17. The topological polar surface area (TPSA) is 75.6 Å². The molecule has 4 heterocycles. The summed E-state index contributed by atoms with van der Waals surface area (Å²) in [5.74, 6) is 0. The van der Waals surface area contributed by atoms with Crippen molar-refractivity contribution in [1.29, 1.82) is 10.7 Å². The first-order valence-electron chi connectivity index (χ1n) is 18.7. The Hall–Kier alpha value is -7.88. The van der Waals surface area contributed by atoms with Crippen LogP contribution in [0, 0.1) is 16.7 Å². The van der Waals surface area contributed by atoms with Gasteiger partial charge in [-0.05, 0) is 72.8 Å². The molecule has 0 aliphatic rings. The normalized spacial score (nSPS) is 12.0. The maximum absolute atomic E-state index is 11.0. The summed E-state index contributed by atoms with van der Waals surface area (Å²) < 4.78 is 13.2. The lowest BCUT2D eigenvalue weighted by Crippen LogP contribution is -2.06. The van der Waals surface area contributed by atoms with Crippen LogP contribution in [0.2, 0.25) is 0 Å². The number of aromatic nitrogens is 3. The van der Waals surface area contributed by atoms with Crippen molar-refractivity contribution in [3.8, 4) is 23.1 Å². The van der Waals surface area contributed by atoms with E-state index in [0.717, 1.165) is 88.0 Å². The van der Waals surface area contributed by atoms with Crippen molar-refractivity contribution in [3.05, 3.63) is 175 Å². The van der Waals surface area contributed by atoms with Gasteiger partial charge in [-0.15, -0.1) is 0 Å². The van der Waals surface area contributed by atoms with Gasteiger partial charge in [-0.2, -0.15) is 5.26 Å². The molecular formula is C50H29N5O. The summed E-state index contributed by atoms with van der Waals surface area (Å²) in [6, 6.07) is 59.3. The van der Waals surface area contributed by atoms with Gasteiger partial charge in [0.15, 0.2) is 0 Å². The summed E-state index contributed by atoms with van der Waals surface area (Å²) in [4.78, 5) is 0. The summed E-state index contributed by atoms with van der Waals surface area (Å²) in [6.45, 7) is 0. The van der Waals surface area contributed by atoms with Crippen molar-refractivity contribution in [1.82, 2.24) is 13.7 Å². The van der Waals surface area contributed by atoms with Crippen molar-refractivity contribution in [2.45, 2.75) is 0 Å². The van der Waals surface area contributed by atoms with Gasteiger partial charge in [0.1, 0.15) is 17.2 Å². The fraction of sp³-hybridized carbons (Fsp3) is 0. The SMILES string of the molecule is N#Cc1cc(-n2c3ccccc3c3c4oc5ccccc5c4ccc32)cc(C=N)c1-n1c2ccccc2c2cc(-n3c4ccccc4c4ccccc43)ccc21. The second kappa shape index (κ2) is 11.3. The van der Waals surface area contributed by atoms with Crippen LogP contribution >= 0.6 is 0 Å². The van der Waals surface area contributed by atoms with Gasteiger partial charge in [-0.1, -0.05) is 91.0 Å². The molecule has 0 fully saturated rings. The summed E-state index contributed by atoms with van der Waals surface area (Å²) in [6.07, 6.45) is 1.37. The average Bonchev–Trinajstić information content (AvgIpc) is 3.99. The van der Waals surface area contributed by atoms with Gasteiger partial charge in [0.25, 0.3) is 0 Å². The number of nitrogens with one attached hydrogen (secondary N) is 1. The molecular weight excluding hydrogens is 687 g/mol. The Morgan fingerprint density at radius 3 is 1.68 bits per heavy atom. The minimum absolute atomic E-state index is 0.478. The van der Waals surface area contributed by atoms with Gasteiger partial charge in [-0.25, -0.2) is 0 Å². The first-order chi connectivity index (χ1) is 27.7. The number of rotatable bonds is 4. The first kappa shape index (κ1) is 30.6. The summed E-state index contributed by atoms with van der Waals surface area (Å²) >= 11 is 0. The molecule has 0 radical (unpaired) electrons. The molecule has 6 nitrogen and oxygen atoms in total. The molecule has 56 heavy (non-hydrogen) atoms. The molecule has 0 spiro atoms. The molecule has 0 atom stereocenters. The molecule has 0 bridgehead atoms. The Kier molecular flexibility index (Phi) is 6.18. The van der Waals surface area contributed by atoms with Crippen molar-refractivity contribution in [2.24, 2.45) is 0 Å². The molecule has 260 valence electrons. The third kappa shape index (κ3) is 4.00. The monoisotopic (exact) mass is 715 g/mol. The van der Waals surface area contributed by atoms with Crippen LogP contribution in [-0.4, -0.2) is 19.9 Å². The molecule has 12 aromatic rings. The molecule has 6 heteroatoms. The van der Waals surface area contributed by atoms with E-state index in [1.54, 1.807) is 0 Å². The Morgan fingerprint density at radius 1 is 0.464 bits per heavy atom. The molecule has 4 aromatic heterocycles. The van der Waals surface area contributed by atoms with Crippen LogP contribution in [0.4, 0.5) is 0 Å². The maximum atomic E-state index is 11.0. The van der Waals surface area contributed by atoms with Crippen LogP contribution < -0.4 is 0 Å². The molecule has 1 N–H and O–H groups in total. The van der Waals surface area contributed by atoms with Gasteiger partial charge >= 0.3 is 0 Å². The Labute approximate surface area is 319 Å². The zero-order valence-corrected chi connectivity index (χ0v) is 29.9. The molecule has 8 aromatic carbocycles. The van der Waals surface area contributed by atoms with E-state index in [-0.39, 0.29) is 0 Å². The Balaban J connectivity index is 1.11. The fourth-order valence-electron chi connectivity index (χ4n) is 9.27. The quantitative estimate of drug-likeness (QED) is 0.184. The van der Waals surface area contributed by atoms with E-state index in [1.807, 2.05) is 42.5 Å². The van der Waals surface area contributed by atoms with Crippen LogP contribution in [0.15, 0.2) is 168 Å². The molecule has 0 unspecified atom stereocenters. The number of hydrogen-bond acceptors (Lipinski definition) is 3. The zero-order valence-electron chi connectivity index (χ0n) is 29.9. The van der Waals surface area contributed by atoms with E-state index in [0.29, 0.717) is 16.8 Å². The third-order valence-corrected chi connectivity index (χ3v) is 11.6. The smallest absolute Gasteiger partial charge is 0.145 e. The summed E-state index contributed by atoms with van der Waals surface area (Å²) in [5.41, 5.74) is 11.6. The second-order valence-corrected chi connectivity index (χ2v) is 14.4. The zero-order chi connectivity index (χ0) is 37.1. The number of furan rings is 1. The van der Waals surface area contributed by atoms with E-state index >= 15 is 0 Å². The van der Waals surface area contributed by atoms with E-state index in [1.165, 1.54) is 17.0 Å². The van der Waals surface area contributed by atoms with Gasteiger partial charge in [0.2, 0.25) is 0 Å². The highest BCUT2D eigenvalue weighted by Crippen LogP contribution is 2.42. The van der Waals surface area contributed by atoms with Gasteiger partial charge in [0, 0.05) is 60.9 Å². The standard InChI is InChI=1S/C50H29N5O/c51-28-30-25-33(54-44-19-9-4-15-39(44)48-46(54)24-22-38-37-14-5-10-20-47(37)56-50(38)48)26-31(29-52)49(30)55-43-18-8-3-13-36(43)40-27-32(21-23-45(40)55)53-41-16-6-1-11-34(41)35-12-2-7-17-42(35)53/h1-28,51H. The van der Waals surface area contributed by atoms with Crippen LogP contribution in [0.3, 0.4) is 0 Å². The third-order valence-electron chi connectivity index (χ3n) is 11.6. The highest BCUT2D eigenvalue weighted by Gasteiger charge is 2.23. The van der Waals surface area contributed by atoms with Crippen molar-refractivity contribution >= 4 is 93.6 Å². The van der Waals surface area contributed by atoms with E-state index in [4.69, 9.17) is 9.83 Å². The van der Waals surface area contributed by atoms with Crippen LogP contribution in [0.25, 0.3) is 104 Å². The highest BCUT2D eigenvalue weighted by atomic mass is 16.3. The van der Waals surface area contributed by atoms with Gasteiger partial charge in [-0.3, -0.25) is 0 Å². The highest BCUT2D eigenvalue weighted by molar-refractivity contribution is 6.24. The van der Waals surface area contributed by atoms with Gasteiger partial charge in [0.05, 0.1) is 49.7 Å². The molecule has 0 saturated carbocycles. The summed E-state index contributed by atoms with van der Waals surface area (Å²) in [5, 5.41) is 28.6. The van der Waals surface area contributed by atoms with E-state index in [2.05, 4.69) is 141 Å².